The number of carbonyl (C=O) groups is 2. The second-order valence-corrected chi connectivity index (χ2v) is 5.39. The van der Waals surface area contributed by atoms with E-state index in [-0.39, 0.29) is 24.3 Å². The average Bonchev–Trinajstić information content (AvgIpc) is 2.29. The number of hydrogen-bond donors (Lipinski definition) is 2. The van der Waals surface area contributed by atoms with Crippen LogP contribution in [-0.4, -0.2) is 18.4 Å². The summed E-state index contributed by atoms with van der Waals surface area (Å²) in [6.45, 7) is 3.80. The lowest BCUT2D eigenvalue weighted by atomic mass is 10.1. The Balaban J connectivity index is 2.45. The fourth-order valence-corrected chi connectivity index (χ4v) is 1.86. The van der Waals surface area contributed by atoms with Gasteiger partial charge >= 0.3 is 0 Å². The molecule has 19 heavy (non-hydrogen) atoms. The summed E-state index contributed by atoms with van der Waals surface area (Å²) in [7, 11) is 0. The molecule has 2 amide bonds. The highest BCUT2D eigenvalue weighted by Gasteiger charge is 2.09. The van der Waals surface area contributed by atoms with Crippen LogP contribution < -0.4 is 10.6 Å². The Hall–Kier alpha value is -1.26. The van der Waals surface area contributed by atoms with E-state index in [1.165, 1.54) is 6.07 Å². The lowest BCUT2D eigenvalue weighted by Gasteiger charge is -2.09. The van der Waals surface area contributed by atoms with Gasteiger partial charge in [0.25, 0.3) is 0 Å². The fourth-order valence-electron chi connectivity index (χ4n) is 1.41. The third-order valence-electron chi connectivity index (χ3n) is 2.24. The molecule has 1 rings (SSSR count). The quantitative estimate of drug-likeness (QED) is 0.878. The molecular weight excluding hydrogens is 287 g/mol. The third kappa shape index (κ3) is 5.94. The molecule has 1 aromatic rings. The van der Waals surface area contributed by atoms with Crippen LogP contribution in [0, 0.1) is 5.92 Å². The summed E-state index contributed by atoms with van der Waals surface area (Å²) >= 11 is 11.7. The Kier molecular flexibility index (Phi) is 6.12. The van der Waals surface area contributed by atoms with Crippen molar-refractivity contribution in [2.24, 2.45) is 5.92 Å². The van der Waals surface area contributed by atoms with E-state index in [0.717, 1.165) is 0 Å². The normalized spacial score (nSPS) is 10.4. The van der Waals surface area contributed by atoms with Gasteiger partial charge in [0.2, 0.25) is 11.8 Å². The first-order valence-electron chi connectivity index (χ1n) is 5.90. The Labute approximate surface area is 122 Å². The zero-order chi connectivity index (χ0) is 14.4. The molecule has 0 aliphatic rings. The van der Waals surface area contributed by atoms with Gasteiger partial charge in [-0.05, 0) is 24.1 Å². The van der Waals surface area contributed by atoms with E-state index >= 15 is 0 Å². The number of nitrogens with one attached hydrogen (secondary N) is 2. The summed E-state index contributed by atoms with van der Waals surface area (Å²) in [6, 6.07) is 4.77. The Morgan fingerprint density at radius 1 is 1.21 bits per heavy atom. The van der Waals surface area contributed by atoms with E-state index < -0.39 is 0 Å². The first kappa shape index (κ1) is 15.8. The van der Waals surface area contributed by atoms with Gasteiger partial charge in [0, 0.05) is 11.4 Å². The van der Waals surface area contributed by atoms with Crippen LogP contribution in [0.5, 0.6) is 0 Å². The lowest BCUT2D eigenvalue weighted by molar-refractivity contribution is -0.124. The predicted octanol–water partition coefficient (Wildman–Crippen LogP) is 3.09. The molecule has 0 saturated carbocycles. The standard InChI is InChI=1S/C13H16Cl2N2O2/c1-8(2)5-12(18)16-7-13(19)17-11-4-3-9(14)6-10(11)15/h3-4,6,8H,5,7H2,1-2H3,(H,16,18)(H,17,19). The third-order valence-corrected chi connectivity index (χ3v) is 2.79. The molecule has 0 atom stereocenters. The molecule has 0 saturated heterocycles. The van der Waals surface area contributed by atoms with E-state index in [1.54, 1.807) is 12.1 Å². The van der Waals surface area contributed by atoms with Crippen molar-refractivity contribution in [3.8, 4) is 0 Å². The molecule has 4 nitrogen and oxygen atoms in total. The van der Waals surface area contributed by atoms with Crippen molar-refractivity contribution in [2.45, 2.75) is 20.3 Å². The first-order chi connectivity index (χ1) is 8.88. The van der Waals surface area contributed by atoms with Gasteiger partial charge in [-0.25, -0.2) is 0 Å². The van der Waals surface area contributed by atoms with Gasteiger partial charge in [-0.2, -0.15) is 0 Å². The predicted molar refractivity (Wildman–Crippen MR) is 77.6 cm³/mol. The largest absolute Gasteiger partial charge is 0.347 e. The topological polar surface area (TPSA) is 58.2 Å². The van der Waals surface area contributed by atoms with Crippen LogP contribution in [0.15, 0.2) is 18.2 Å². The Bertz CT molecular complexity index is 476. The van der Waals surface area contributed by atoms with Crippen molar-refractivity contribution in [2.75, 3.05) is 11.9 Å². The molecular formula is C13H16Cl2N2O2. The Morgan fingerprint density at radius 3 is 2.47 bits per heavy atom. The van der Waals surface area contributed by atoms with Crippen molar-refractivity contribution in [1.29, 1.82) is 0 Å². The number of halogens is 2. The summed E-state index contributed by atoms with van der Waals surface area (Å²) in [5.74, 6) is -0.220. The van der Waals surface area contributed by atoms with Crippen molar-refractivity contribution in [3.63, 3.8) is 0 Å². The number of amides is 2. The highest BCUT2D eigenvalue weighted by Crippen LogP contribution is 2.25. The van der Waals surface area contributed by atoms with E-state index in [0.29, 0.717) is 22.2 Å². The Morgan fingerprint density at radius 2 is 1.89 bits per heavy atom. The molecule has 0 radical (unpaired) electrons. The number of anilines is 1. The molecule has 0 aromatic heterocycles. The molecule has 0 aliphatic carbocycles. The van der Waals surface area contributed by atoms with Crippen LogP contribution >= 0.6 is 23.2 Å². The van der Waals surface area contributed by atoms with Crippen molar-refractivity contribution < 1.29 is 9.59 Å². The molecule has 104 valence electrons. The average molecular weight is 303 g/mol. The zero-order valence-electron chi connectivity index (χ0n) is 10.8. The van der Waals surface area contributed by atoms with Crippen molar-refractivity contribution in [1.82, 2.24) is 5.32 Å². The minimum Gasteiger partial charge on any atom is -0.347 e. The van der Waals surface area contributed by atoms with Crippen molar-refractivity contribution >= 4 is 40.7 Å². The highest BCUT2D eigenvalue weighted by molar-refractivity contribution is 6.36. The van der Waals surface area contributed by atoms with Gasteiger partial charge in [0.05, 0.1) is 17.3 Å². The number of hydrogen-bond acceptors (Lipinski definition) is 2. The first-order valence-corrected chi connectivity index (χ1v) is 6.65. The maximum Gasteiger partial charge on any atom is 0.243 e. The lowest BCUT2D eigenvalue weighted by Crippen LogP contribution is -2.33. The van der Waals surface area contributed by atoms with Crippen LogP contribution in [-0.2, 0) is 9.59 Å². The van der Waals surface area contributed by atoms with Crippen LogP contribution in [0.1, 0.15) is 20.3 Å². The molecule has 0 spiro atoms. The number of carbonyl (C=O) groups excluding carboxylic acids is 2. The SMILES string of the molecule is CC(C)CC(=O)NCC(=O)Nc1ccc(Cl)cc1Cl. The highest BCUT2D eigenvalue weighted by atomic mass is 35.5. The molecule has 0 fully saturated rings. The maximum absolute atomic E-state index is 11.6. The minimum atomic E-state index is -0.332. The fraction of sp³-hybridized carbons (Fsp3) is 0.385. The van der Waals surface area contributed by atoms with Gasteiger partial charge in [-0.1, -0.05) is 37.0 Å². The van der Waals surface area contributed by atoms with E-state index in [1.807, 2.05) is 13.8 Å². The van der Waals surface area contributed by atoms with Gasteiger partial charge in [0.1, 0.15) is 0 Å². The molecule has 0 aliphatic heterocycles. The molecule has 0 bridgehead atoms. The summed E-state index contributed by atoms with van der Waals surface area (Å²) in [5, 5.41) is 6.00. The number of rotatable bonds is 5. The summed E-state index contributed by atoms with van der Waals surface area (Å²) in [6.07, 6.45) is 0.398. The smallest absolute Gasteiger partial charge is 0.243 e. The molecule has 6 heteroatoms. The van der Waals surface area contributed by atoms with Gasteiger partial charge in [0.15, 0.2) is 0 Å². The van der Waals surface area contributed by atoms with E-state index in [2.05, 4.69) is 10.6 Å². The summed E-state index contributed by atoms with van der Waals surface area (Å²) in [4.78, 5) is 23.0. The number of benzene rings is 1. The van der Waals surface area contributed by atoms with Gasteiger partial charge in [-0.15, -0.1) is 0 Å². The van der Waals surface area contributed by atoms with Crippen LogP contribution in [0.2, 0.25) is 10.0 Å². The molecule has 1 aromatic carbocycles. The molecule has 0 unspecified atom stereocenters. The second-order valence-electron chi connectivity index (χ2n) is 4.55. The van der Waals surface area contributed by atoms with Crippen LogP contribution in [0.25, 0.3) is 0 Å². The van der Waals surface area contributed by atoms with Crippen LogP contribution in [0.4, 0.5) is 5.69 Å². The summed E-state index contributed by atoms with van der Waals surface area (Å²) in [5.41, 5.74) is 0.467. The zero-order valence-corrected chi connectivity index (χ0v) is 12.3. The molecule has 0 heterocycles. The monoisotopic (exact) mass is 302 g/mol. The summed E-state index contributed by atoms with van der Waals surface area (Å²) < 4.78 is 0. The van der Waals surface area contributed by atoms with Crippen LogP contribution in [0.3, 0.4) is 0 Å². The molecule has 2 N–H and O–H groups in total. The van der Waals surface area contributed by atoms with E-state index in [9.17, 15) is 9.59 Å². The van der Waals surface area contributed by atoms with Gasteiger partial charge in [-0.3, -0.25) is 9.59 Å². The van der Waals surface area contributed by atoms with Crippen molar-refractivity contribution in [3.05, 3.63) is 28.2 Å². The maximum atomic E-state index is 11.6. The van der Waals surface area contributed by atoms with E-state index in [4.69, 9.17) is 23.2 Å². The minimum absolute atomic E-state index is 0.0789. The second kappa shape index (κ2) is 7.36. The van der Waals surface area contributed by atoms with Gasteiger partial charge < -0.3 is 10.6 Å².